The van der Waals surface area contributed by atoms with E-state index in [0.29, 0.717) is 5.25 Å². The number of hydrogen-bond acceptors (Lipinski definition) is 3. The fourth-order valence-corrected chi connectivity index (χ4v) is 3.81. The van der Waals surface area contributed by atoms with Crippen molar-refractivity contribution in [2.45, 2.75) is 43.0 Å². The molecule has 0 bridgehead atoms. The molecule has 2 aliphatic heterocycles. The van der Waals surface area contributed by atoms with Gasteiger partial charge in [0.1, 0.15) is 0 Å². The third-order valence-corrected chi connectivity index (χ3v) is 4.58. The van der Waals surface area contributed by atoms with Crippen molar-refractivity contribution in [3.05, 3.63) is 0 Å². The number of carbonyl (C=O) groups is 2. The first-order chi connectivity index (χ1) is 7.66. The van der Waals surface area contributed by atoms with E-state index < -0.39 is 5.97 Å². The van der Waals surface area contributed by atoms with Crippen LogP contribution in [0.5, 0.6) is 0 Å². The molecular weight excluding hydrogens is 303 g/mol. The molecule has 0 aromatic heterocycles. The van der Waals surface area contributed by atoms with Gasteiger partial charge in [0, 0.05) is 35.4 Å². The van der Waals surface area contributed by atoms with Crippen molar-refractivity contribution >= 4 is 41.7 Å². The fraction of sp³-hybridized carbons (Fsp3) is 0.800. The number of carboxylic acid groups (broad SMARTS) is 1. The molecule has 2 saturated heterocycles. The maximum Gasteiger partial charge on any atom is 0.315 e. The standard InChI is InChI=1S/C10H16N2O3S.As/c13-8(14)4-2-1-3-7-9-6(5-16-7)11-10(15)12-9;/h6-7,9H,1-5H2,(H,13,14)(H2,11,12,15);/t6-,7-,9-;/m0./s1. The minimum absolute atomic E-state index is 0. The first-order valence-corrected chi connectivity index (χ1v) is 6.62. The van der Waals surface area contributed by atoms with Gasteiger partial charge < -0.3 is 15.7 Å². The molecule has 0 spiro atoms. The van der Waals surface area contributed by atoms with Crippen LogP contribution in [0.1, 0.15) is 25.7 Å². The molecule has 2 rings (SSSR count). The summed E-state index contributed by atoms with van der Waals surface area (Å²) in [5, 5.41) is 14.8. The average Bonchev–Trinajstić information content (AvgIpc) is 2.72. The summed E-state index contributed by atoms with van der Waals surface area (Å²) in [4.78, 5) is 21.5. The molecule has 2 heterocycles. The van der Waals surface area contributed by atoms with Crippen LogP contribution in [0, 0.1) is 0 Å². The first kappa shape index (κ1) is 14.7. The van der Waals surface area contributed by atoms with E-state index in [1.54, 1.807) is 0 Å². The Morgan fingerprint density at radius 3 is 2.88 bits per heavy atom. The summed E-state index contributed by atoms with van der Waals surface area (Å²) in [6, 6.07) is 0.440. The van der Waals surface area contributed by atoms with E-state index in [0.717, 1.165) is 25.0 Å². The number of amides is 2. The van der Waals surface area contributed by atoms with E-state index in [-0.39, 0.29) is 42.5 Å². The van der Waals surface area contributed by atoms with Crippen molar-refractivity contribution in [2.75, 3.05) is 5.75 Å². The van der Waals surface area contributed by atoms with Gasteiger partial charge in [-0.2, -0.15) is 11.8 Å². The minimum Gasteiger partial charge on any atom is -0.481 e. The van der Waals surface area contributed by atoms with Crippen LogP contribution in [0.3, 0.4) is 0 Å². The Hall–Kier alpha value is -0.352. The van der Waals surface area contributed by atoms with Crippen molar-refractivity contribution in [3.63, 3.8) is 0 Å². The zero-order valence-electron chi connectivity index (χ0n) is 9.39. The number of urea groups is 1. The fourth-order valence-electron chi connectivity index (χ4n) is 2.26. The smallest absolute Gasteiger partial charge is 0.315 e. The molecule has 3 N–H and O–H groups in total. The summed E-state index contributed by atoms with van der Waals surface area (Å²) in [7, 11) is 0. The molecule has 3 radical (unpaired) electrons. The van der Waals surface area contributed by atoms with Crippen LogP contribution in [0.25, 0.3) is 0 Å². The van der Waals surface area contributed by atoms with Crippen LogP contribution in [-0.2, 0) is 4.79 Å². The summed E-state index contributed by atoms with van der Waals surface area (Å²) in [5.41, 5.74) is 0. The van der Waals surface area contributed by atoms with Gasteiger partial charge in [0.15, 0.2) is 0 Å². The van der Waals surface area contributed by atoms with Crippen LogP contribution in [0.15, 0.2) is 0 Å². The third-order valence-electron chi connectivity index (χ3n) is 3.07. The predicted molar refractivity (Wildman–Crippen MR) is 67.3 cm³/mol. The van der Waals surface area contributed by atoms with Crippen LogP contribution in [-0.4, -0.2) is 58.1 Å². The van der Waals surface area contributed by atoms with E-state index in [9.17, 15) is 9.59 Å². The number of carboxylic acids is 1. The Balaban J connectivity index is 0.00000144. The van der Waals surface area contributed by atoms with Gasteiger partial charge >= 0.3 is 12.0 Å². The second-order valence-corrected chi connectivity index (χ2v) is 5.53. The number of thioether (sulfide) groups is 1. The number of unbranched alkanes of at least 4 members (excludes halogenated alkanes) is 1. The quantitative estimate of drug-likeness (QED) is 0.390. The molecule has 7 heteroatoms. The second kappa shape index (κ2) is 6.55. The number of fused-ring (bicyclic) bond motifs is 1. The van der Waals surface area contributed by atoms with Gasteiger partial charge in [-0.3, -0.25) is 4.79 Å². The molecule has 3 atom stereocenters. The molecule has 0 aromatic carbocycles. The predicted octanol–water partition coefficient (Wildman–Crippen LogP) is 0.416. The monoisotopic (exact) mass is 319 g/mol. The maximum absolute atomic E-state index is 11.1. The summed E-state index contributed by atoms with van der Waals surface area (Å²) < 4.78 is 0. The number of nitrogens with one attached hydrogen (secondary N) is 2. The summed E-state index contributed by atoms with van der Waals surface area (Å²) in [6.45, 7) is 0. The zero-order chi connectivity index (χ0) is 11.5. The van der Waals surface area contributed by atoms with Gasteiger partial charge in [0.2, 0.25) is 0 Å². The molecule has 0 aliphatic carbocycles. The molecule has 17 heavy (non-hydrogen) atoms. The van der Waals surface area contributed by atoms with E-state index in [1.807, 2.05) is 11.8 Å². The topological polar surface area (TPSA) is 78.4 Å². The first-order valence-electron chi connectivity index (χ1n) is 5.57. The normalized spacial score (nSPS) is 30.1. The van der Waals surface area contributed by atoms with E-state index in [4.69, 9.17) is 5.11 Å². The van der Waals surface area contributed by atoms with Gasteiger partial charge in [-0.15, -0.1) is 0 Å². The Labute approximate surface area is 116 Å². The molecule has 0 saturated carbocycles. The van der Waals surface area contributed by atoms with Crippen molar-refractivity contribution < 1.29 is 14.7 Å². The van der Waals surface area contributed by atoms with Gasteiger partial charge in [-0.05, 0) is 12.8 Å². The molecule has 0 unspecified atom stereocenters. The molecule has 2 amide bonds. The van der Waals surface area contributed by atoms with Gasteiger partial charge in [-0.1, -0.05) is 6.42 Å². The summed E-state index contributed by atoms with van der Waals surface area (Å²) >= 11 is 1.87. The minimum atomic E-state index is -0.729. The molecule has 2 fully saturated rings. The van der Waals surface area contributed by atoms with Crippen LogP contribution in [0.2, 0.25) is 0 Å². The van der Waals surface area contributed by atoms with E-state index in [2.05, 4.69) is 10.6 Å². The molecule has 95 valence electrons. The Morgan fingerprint density at radius 1 is 1.41 bits per heavy atom. The number of rotatable bonds is 5. The molecular formula is C10H16AsN2O3S. The van der Waals surface area contributed by atoms with Gasteiger partial charge in [-0.25, -0.2) is 4.79 Å². The Morgan fingerprint density at radius 2 is 2.18 bits per heavy atom. The second-order valence-electron chi connectivity index (χ2n) is 4.26. The number of hydrogen-bond donors (Lipinski definition) is 3. The van der Waals surface area contributed by atoms with Crippen LogP contribution in [0.4, 0.5) is 4.79 Å². The summed E-state index contributed by atoms with van der Waals surface area (Å²) in [5.74, 6) is 0.236. The number of carbonyl (C=O) groups excluding carboxylic acids is 1. The van der Waals surface area contributed by atoms with E-state index in [1.165, 1.54) is 0 Å². The van der Waals surface area contributed by atoms with Gasteiger partial charge in [0.05, 0.1) is 12.1 Å². The molecule has 5 nitrogen and oxygen atoms in total. The molecule has 0 aromatic rings. The Kier molecular flexibility index (Phi) is 5.66. The number of aliphatic carboxylic acids is 1. The van der Waals surface area contributed by atoms with Crippen molar-refractivity contribution in [1.82, 2.24) is 10.6 Å². The van der Waals surface area contributed by atoms with Crippen molar-refractivity contribution in [3.8, 4) is 0 Å². The molecule has 2 aliphatic rings. The average molecular weight is 319 g/mol. The van der Waals surface area contributed by atoms with Gasteiger partial charge in [0.25, 0.3) is 0 Å². The third kappa shape index (κ3) is 3.81. The maximum atomic E-state index is 11.1. The zero-order valence-corrected chi connectivity index (χ0v) is 12.1. The summed E-state index contributed by atoms with van der Waals surface area (Å²) in [6.07, 6.45) is 2.88. The Bertz CT molecular complexity index is 303. The van der Waals surface area contributed by atoms with Crippen molar-refractivity contribution in [2.24, 2.45) is 0 Å². The largest absolute Gasteiger partial charge is 0.481 e. The van der Waals surface area contributed by atoms with Crippen LogP contribution < -0.4 is 10.6 Å². The van der Waals surface area contributed by atoms with Crippen LogP contribution >= 0.6 is 11.8 Å². The van der Waals surface area contributed by atoms with Crippen molar-refractivity contribution in [1.29, 1.82) is 0 Å². The van der Waals surface area contributed by atoms with E-state index >= 15 is 0 Å². The SMILES string of the molecule is O=C(O)CCCC[C@@H]1SC[C@@H]2NC(=O)N[C@@H]21.[As].